The van der Waals surface area contributed by atoms with Gasteiger partial charge in [0.15, 0.2) is 0 Å². The van der Waals surface area contributed by atoms with Gasteiger partial charge in [-0.2, -0.15) is 17.0 Å². The Kier molecular flexibility index (Phi) is 6.67. The molecule has 0 aromatic heterocycles. The number of ether oxygens (including phenoxy) is 1. The monoisotopic (exact) mass is 284 g/mol. The smallest absolute Gasteiger partial charge is 0.223 e. The molecule has 1 heterocycles. The van der Waals surface area contributed by atoms with Crippen molar-refractivity contribution in [3.05, 3.63) is 0 Å². The first-order chi connectivity index (χ1) is 8.97. The van der Waals surface area contributed by atoms with Crippen LogP contribution in [0.2, 0.25) is 0 Å². The van der Waals surface area contributed by atoms with Crippen LogP contribution in [0.3, 0.4) is 0 Å². The number of hydrogen-bond donors (Lipinski definition) is 1. The third-order valence-corrected chi connectivity index (χ3v) is 4.34. The van der Waals surface area contributed by atoms with E-state index in [0.29, 0.717) is 24.7 Å². The summed E-state index contributed by atoms with van der Waals surface area (Å²) in [7, 11) is 0. The van der Waals surface area contributed by atoms with Gasteiger partial charge in [0.25, 0.3) is 0 Å². The Bertz CT molecular complexity index is 333. The van der Waals surface area contributed by atoms with Crippen molar-refractivity contribution >= 4 is 17.7 Å². The van der Waals surface area contributed by atoms with Crippen molar-refractivity contribution < 1.29 is 9.53 Å². The Morgan fingerprint density at radius 2 is 2.26 bits per heavy atom. The first-order valence-electron chi connectivity index (χ1n) is 6.89. The summed E-state index contributed by atoms with van der Waals surface area (Å²) in [6.07, 6.45) is 2.25. The Morgan fingerprint density at radius 1 is 1.53 bits per heavy atom. The summed E-state index contributed by atoms with van der Waals surface area (Å²) in [5.41, 5.74) is -0.648. The first-order valence-corrected chi connectivity index (χ1v) is 8.04. The second kappa shape index (κ2) is 7.76. The number of nitrogens with zero attached hydrogens (tertiary/aromatic N) is 1. The minimum absolute atomic E-state index is 0.0826. The molecule has 0 radical (unpaired) electrons. The lowest BCUT2D eigenvalue weighted by molar-refractivity contribution is -0.123. The lowest BCUT2D eigenvalue weighted by Gasteiger charge is -2.21. The Hall–Kier alpha value is -0.730. The zero-order valence-corrected chi connectivity index (χ0v) is 12.9. The van der Waals surface area contributed by atoms with E-state index in [1.807, 2.05) is 6.92 Å². The van der Waals surface area contributed by atoms with Crippen molar-refractivity contribution in [3.63, 3.8) is 0 Å². The van der Waals surface area contributed by atoms with E-state index in [9.17, 15) is 4.79 Å². The van der Waals surface area contributed by atoms with Crippen LogP contribution in [0.4, 0.5) is 0 Å². The van der Waals surface area contributed by atoms with Crippen LogP contribution < -0.4 is 5.32 Å². The molecule has 108 valence electrons. The van der Waals surface area contributed by atoms with Crippen molar-refractivity contribution in [1.29, 1.82) is 5.26 Å². The van der Waals surface area contributed by atoms with Crippen LogP contribution in [-0.4, -0.2) is 35.7 Å². The number of hydrogen-bond acceptors (Lipinski definition) is 4. The van der Waals surface area contributed by atoms with Gasteiger partial charge in [0.05, 0.1) is 25.2 Å². The number of nitrogens with one attached hydrogen (secondary N) is 1. The normalized spacial score (nSPS) is 24.2. The highest BCUT2D eigenvalue weighted by Crippen LogP contribution is 2.27. The molecule has 0 spiro atoms. The molecule has 0 unspecified atom stereocenters. The molecular weight excluding hydrogens is 260 g/mol. The standard InChI is InChI=1S/C14H24N2O2S/c1-11(2)8-12(3)18-6-4-13(17)16-14(9-15)5-7-19-10-14/h11-12H,4-8,10H2,1-3H3,(H,16,17)/t12-,14-/m0/s1. The summed E-state index contributed by atoms with van der Waals surface area (Å²) < 4.78 is 5.61. The average molecular weight is 284 g/mol. The fourth-order valence-electron chi connectivity index (χ4n) is 2.19. The van der Waals surface area contributed by atoms with E-state index in [1.54, 1.807) is 11.8 Å². The number of nitriles is 1. The molecule has 1 saturated heterocycles. The molecule has 0 saturated carbocycles. The minimum atomic E-state index is -0.648. The Labute approximate surface area is 120 Å². The Morgan fingerprint density at radius 3 is 2.79 bits per heavy atom. The molecule has 0 aromatic carbocycles. The predicted molar refractivity (Wildman–Crippen MR) is 77.9 cm³/mol. The van der Waals surface area contributed by atoms with Gasteiger partial charge in [-0.25, -0.2) is 0 Å². The second-order valence-electron chi connectivity index (χ2n) is 5.61. The molecule has 4 nitrogen and oxygen atoms in total. The van der Waals surface area contributed by atoms with E-state index in [4.69, 9.17) is 10.00 Å². The summed E-state index contributed by atoms with van der Waals surface area (Å²) in [4.78, 5) is 11.8. The summed E-state index contributed by atoms with van der Waals surface area (Å²) in [6, 6.07) is 2.24. The quantitative estimate of drug-likeness (QED) is 0.779. The largest absolute Gasteiger partial charge is 0.378 e. The molecule has 19 heavy (non-hydrogen) atoms. The van der Waals surface area contributed by atoms with Gasteiger partial charge in [-0.1, -0.05) is 13.8 Å². The zero-order valence-electron chi connectivity index (χ0n) is 12.1. The molecular formula is C14H24N2O2S. The summed E-state index contributed by atoms with van der Waals surface area (Å²) in [5, 5.41) is 12.0. The Balaban J connectivity index is 2.23. The van der Waals surface area contributed by atoms with Gasteiger partial charge >= 0.3 is 0 Å². The first kappa shape index (κ1) is 16.3. The van der Waals surface area contributed by atoms with Gasteiger partial charge < -0.3 is 10.1 Å². The van der Waals surface area contributed by atoms with Crippen LogP contribution in [0, 0.1) is 17.2 Å². The number of amides is 1. The second-order valence-corrected chi connectivity index (χ2v) is 6.71. The SMILES string of the molecule is CC(C)C[C@H](C)OCCC(=O)N[C@]1(C#N)CCSC1. The van der Waals surface area contributed by atoms with Crippen molar-refractivity contribution in [2.45, 2.75) is 51.7 Å². The van der Waals surface area contributed by atoms with E-state index in [2.05, 4.69) is 25.2 Å². The van der Waals surface area contributed by atoms with Gasteiger partial charge in [-0.05, 0) is 31.4 Å². The van der Waals surface area contributed by atoms with E-state index in [0.717, 1.165) is 18.6 Å². The van der Waals surface area contributed by atoms with Gasteiger partial charge in [-0.15, -0.1) is 0 Å². The minimum Gasteiger partial charge on any atom is -0.378 e. The highest BCUT2D eigenvalue weighted by molar-refractivity contribution is 7.99. The number of rotatable bonds is 7. The molecule has 1 rings (SSSR count). The topological polar surface area (TPSA) is 62.1 Å². The van der Waals surface area contributed by atoms with Crippen LogP contribution in [-0.2, 0) is 9.53 Å². The van der Waals surface area contributed by atoms with Crippen LogP contribution in [0.5, 0.6) is 0 Å². The van der Waals surface area contributed by atoms with Crippen molar-refractivity contribution in [1.82, 2.24) is 5.32 Å². The molecule has 1 N–H and O–H groups in total. The lowest BCUT2D eigenvalue weighted by atomic mass is 10.0. The van der Waals surface area contributed by atoms with E-state index >= 15 is 0 Å². The maximum atomic E-state index is 11.8. The third-order valence-electron chi connectivity index (χ3n) is 3.15. The number of thioether (sulfide) groups is 1. The van der Waals surface area contributed by atoms with Crippen LogP contribution in [0.25, 0.3) is 0 Å². The van der Waals surface area contributed by atoms with Crippen molar-refractivity contribution in [2.75, 3.05) is 18.1 Å². The fourth-order valence-corrected chi connectivity index (χ4v) is 3.46. The summed E-state index contributed by atoms with van der Waals surface area (Å²) in [5.74, 6) is 2.15. The molecule has 0 bridgehead atoms. The highest BCUT2D eigenvalue weighted by atomic mass is 32.2. The fraction of sp³-hybridized carbons (Fsp3) is 0.857. The summed E-state index contributed by atoms with van der Waals surface area (Å²) in [6.45, 7) is 6.76. The highest BCUT2D eigenvalue weighted by Gasteiger charge is 2.35. The molecule has 1 fully saturated rings. The molecule has 5 heteroatoms. The van der Waals surface area contributed by atoms with Crippen LogP contribution >= 0.6 is 11.8 Å². The van der Waals surface area contributed by atoms with Gasteiger partial charge in [-0.3, -0.25) is 4.79 Å². The van der Waals surface area contributed by atoms with Crippen LogP contribution in [0.15, 0.2) is 0 Å². The predicted octanol–water partition coefficient (Wildman–Crippen LogP) is 2.34. The maximum absolute atomic E-state index is 11.8. The molecule has 0 aliphatic carbocycles. The molecule has 0 aromatic rings. The van der Waals surface area contributed by atoms with Gasteiger partial charge in [0.2, 0.25) is 5.91 Å². The van der Waals surface area contributed by atoms with E-state index in [-0.39, 0.29) is 12.0 Å². The molecule has 1 aliphatic heterocycles. The van der Waals surface area contributed by atoms with E-state index in [1.165, 1.54) is 0 Å². The third kappa shape index (κ3) is 5.84. The van der Waals surface area contributed by atoms with Crippen molar-refractivity contribution in [2.24, 2.45) is 5.92 Å². The number of carbonyl (C=O) groups is 1. The maximum Gasteiger partial charge on any atom is 0.223 e. The van der Waals surface area contributed by atoms with Crippen molar-refractivity contribution in [3.8, 4) is 6.07 Å². The van der Waals surface area contributed by atoms with E-state index < -0.39 is 5.54 Å². The van der Waals surface area contributed by atoms with Crippen LogP contribution in [0.1, 0.15) is 40.0 Å². The molecule has 1 amide bonds. The van der Waals surface area contributed by atoms with Gasteiger partial charge in [0, 0.05) is 5.75 Å². The molecule has 2 atom stereocenters. The number of carbonyl (C=O) groups excluding carboxylic acids is 1. The van der Waals surface area contributed by atoms with Gasteiger partial charge in [0.1, 0.15) is 5.54 Å². The molecule has 1 aliphatic rings. The lowest BCUT2D eigenvalue weighted by Crippen LogP contribution is -2.47. The summed E-state index contributed by atoms with van der Waals surface area (Å²) >= 11 is 1.71. The average Bonchev–Trinajstić information content (AvgIpc) is 2.77. The zero-order chi connectivity index (χ0) is 14.3.